The number of aliphatic hydroxyl groups excluding tert-OH is 1. The highest BCUT2D eigenvalue weighted by Gasteiger charge is 2.35. The van der Waals surface area contributed by atoms with E-state index in [2.05, 4.69) is 10.1 Å². The van der Waals surface area contributed by atoms with Gasteiger partial charge in [0.05, 0.1) is 23.9 Å². The normalized spacial score (nSPS) is 22.4. The lowest BCUT2D eigenvalue weighted by molar-refractivity contribution is -0.101. The molecule has 0 spiro atoms. The third-order valence-corrected chi connectivity index (χ3v) is 3.49. The van der Waals surface area contributed by atoms with Crippen LogP contribution in [0.4, 0.5) is 5.82 Å². The van der Waals surface area contributed by atoms with Crippen molar-refractivity contribution in [1.29, 1.82) is 0 Å². The summed E-state index contributed by atoms with van der Waals surface area (Å²) >= 11 is 0. The fraction of sp³-hybridized carbons (Fsp3) is 0.571. The van der Waals surface area contributed by atoms with Crippen molar-refractivity contribution < 1.29 is 15.1 Å². The standard InChI is InChI=1S/C14H22N4O3/c1-9-4-5-16-13(11(9)12(15)17-20)18-6-10(7-19)21-14(2,3)8-18/h4-5,10,19-20H,6-8H2,1-3H3,(H2,15,17). The Kier molecular flexibility index (Phi) is 4.34. The average molecular weight is 294 g/mol. The van der Waals surface area contributed by atoms with Crippen LogP contribution < -0.4 is 10.6 Å². The second-order valence-electron chi connectivity index (χ2n) is 5.87. The Morgan fingerprint density at radius 1 is 1.62 bits per heavy atom. The SMILES string of the molecule is Cc1ccnc(N2CC(CO)OC(C)(C)C2)c1/C(N)=N/O. The minimum Gasteiger partial charge on any atom is -0.409 e. The molecule has 116 valence electrons. The molecule has 1 aliphatic rings. The Balaban J connectivity index is 2.44. The maximum absolute atomic E-state index is 9.41. The molecule has 2 heterocycles. The lowest BCUT2D eigenvalue weighted by Crippen LogP contribution is -2.54. The molecular weight excluding hydrogens is 272 g/mol. The molecule has 0 radical (unpaired) electrons. The topological polar surface area (TPSA) is 104 Å². The molecule has 1 aliphatic heterocycles. The van der Waals surface area contributed by atoms with Crippen LogP contribution >= 0.6 is 0 Å². The summed E-state index contributed by atoms with van der Waals surface area (Å²) in [5.74, 6) is 0.667. The smallest absolute Gasteiger partial charge is 0.174 e. The number of amidine groups is 1. The molecule has 0 amide bonds. The van der Waals surface area contributed by atoms with Gasteiger partial charge in [-0.25, -0.2) is 4.98 Å². The number of oxime groups is 1. The second kappa shape index (κ2) is 5.87. The van der Waals surface area contributed by atoms with Crippen LogP contribution in [0.1, 0.15) is 25.0 Å². The maximum Gasteiger partial charge on any atom is 0.174 e. The van der Waals surface area contributed by atoms with Crippen molar-refractivity contribution in [2.24, 2.45) is 10.9 Å². The predicted octanol–water partition coefficient (Wildman–Crippen LogP) is 0.461. The third-order valence-electron chi connectivity index (χ3n) is 3.49. The van der Waals surface area contributed by atoms with Crippen LogP contribution in [0.5, 0.6) is 0 Å². The van der Waals surface area contributed by atoms with Crippen LogP contribution in [-0.4, -0.2) is 52.5 Å². The van der Waals surface area contributed by atoms with Crippen LogP contribution in [-0.2, 0) is 4.74 Å². The molecule has 1 unspecified atom stereocenters. The average Bonchev–Trinajstić information content (AvgIpc) is 2.44. The van der Waals surface area contributed by atoms with Crippen molar-refractivity contribution in [3.63, 3.8) is 0 Å². The summed E-state index contributed by atoms with van der Waals surface area (Å²) in [5, 5.41) is 21.5. The molecule has 0 bridgehead atoms. The van der Waals surface area contributed by atoms with E-state index in [0.29, 0.717) is 24.5 Å². The molecule has 4 N–H and O–H groups in total. The van der Waals surface area contributed by atoms with E-state index in [4.69, 9.17) is 15.7 Å². The summed E-state index contributed by atoms with van der Waals surface area (Å²) in [7, 11) is 0. The van der Waals surface area contributed by atoms with Crippen LogP contribution in [0.15, 0.2) is 17.4 Å². The van der Waals surface area contributed by atoms with Crippen molar-refractivity contribution in [2.45, 2.75) is 32.5 Å². The fourth-order valence-corrected chi connectivity index (χ4v) is 2.70. The highest BCUT2D eigenvalue weighted by molar-refractivity contribution is 6.02. The predicted molar refractivity (Wildman–Crippen MR) is 79.7 cm³/mol. The summed E-state index contributed by atoms with van der Waals surface area (Å²) < 4.78 is 5.80. The number of pyridine rings is 1. The summed E-state index contributed by atoms with van der Waals surface area (Å²) in [4.78, 5) is 6.39. The van der Waals surface area contributed by atoms with E-state index in [-0.39, 0.29) is 18.5 Å². The van der Waals surface area contributed by atoms with Crippen LogP contribution in [0.2, 0.25) is 0 Å². The van der Waals surface area contributed by atoms with Crippen LogP contribution in [0, 0.1) is 6.92 Å². The van der Waals surface area contributed by atoms with Gasteiger partial charge in [0.15, 0.2) is 5.84 Å². The first-order valence-electron chi connectivity index (χ1n) is 6.85. The molecule has 1 atom stereocenters. The van der Waals surface area contributed by atoms with E-state index < -0.39 is 5.60 Å². The van der Waals surface area contributed by atoms with Crippen molar-refractivity contribution >= 4 is 11.7 Å². The number of hydrogen-bond acceptors (Lipinski definition) is 6. The number of aliphatic hydroxyl groups is 1. The van der Waals surface area contributed by atoms with E-state index in [0.717, 1.165) is 5.56 Å². The van der Waals surface area contributed by atoms with E-state index in [1.165, 1.54) is 0 Å². The molecule has 0 aliphatic carbocycles. The molecule has 1 saturated heterocycles. The van der Waals surface area contributed by atoms with E-state index in [1.54, 1.807) is 6.20 Å². The Morgan fingerprint density at radius 2 is 2.33 bits per heavy atom. The first-order chi connectivity index (χ1) is 9.88. The summed E-state index contributed by atoms with van der Waals surface area (Å²) in [6, 6.07) is 1.81. The van der Waals surface area contributed by atoms with Crippen molar-refractivity contribution in [3.8, 4) is 0 Å². The molecular formula is C14H22N4O3. The minimum absolute atomic E-state index is 0.0282. The minimum atomic E-state index is -0.417. The zero-order valence-electron chi connectivity index (χ0n) is 12.6. The monoisotopic (exact) mass is 294 g/mol. The number of nitrogens with zero attached hydrogens (tertiary/aromatic N) is 3. The second-order valence-corrected chi connectivity index (χ2v) is 5.87. The van der Waals surface area contributed by atoms with Crippen molar-refractivity contribution in [2.75, 3.05) is 24.6 Å². The van der Waals surface area contributed by atoms with Crippen LogP contribution in [0.25, 0.3) is 0 Å². The first kappa shape index (κ1) is 15.5. The van der Waals surface area contributed by atoms with Gasteiger partial charge in [-0.3, -0.25) is 0 Å². The summed E-state index contributed by atoms with van der Waals surface area (Å²) in [6.07, 6.45) is 1.39. The largest absolute Gasteiger partial charge is 0.409 e. The Labute approximate surface area is 124 Å². The number of nitrogens with two attached hydrogens (primary N) is 1. The zero-order valence-corrected chi connectivity index (χ0v) is 12.6. The number of ether oxygens (including phenoxy) is 1. The van der Waals surface area contributed by atoms with Gasteiger partial charge in [-0.05, 0) is 32.4 Å². The van der Waals surface area contributed by atoms with Gasteiger partial charge >= 0.3 is 0 Å². The van der Waals surface area contributed by atoms with E-state index in [1.807, 2.05) is 31.7 Å². The third kappa shape index (κ3) is 3.25. The molecule has 7 heteroatoms. The highest BCUT2D eigenvalue weighted by Crippen LogP contribution is 2.28. The number of aromatic nitrogens is 1. The number of aryl methyl sites for hydroxylation is 1. The Morgan fingerprint density at radius 3 is 2.95 bits per heavy atom. The number of hydrogen-bond donors (Lipinski definition) is 3. The Bertz CT molecular complexity index is 545. The molecule has 1 fully saturated rings. The van der Waals surface area contributed by atoms with Gasteiger partial charge in [0.25, 0.3) is 0 Å². The molecule has 0 saturated carbocycles. The Hall–Kier alpha value is -1.86. The van der Waals surface area contributed by atoms with Gasteiger partial charge in [-0.15, -0.1) is 0 Å². The molecule has 2 rings (SSSR count). The lowest BCUT2D eigenvalue weighted by atomic mass is 10.0. The molecule has 1 aromatic rings. The van der Waals surface area contributed by atoms with E-state index in [9.17, 15) is 5.11 Å². The number of anilines is 1. The van der Waals surface area contributed by atoms with Gasteiger partial charge in [-0.1, -0.05) is 5.16 Å². The zero-order chi connectivity index (χ0) is 15.6. The molecule has 1 aromatic heterocycles. The highest BCUT2D eigenvalue weighted by atomic mass is 16.5. The fourth-order valence-electron chi connectivity index (χ4n) is 2.70. The van der Waals surface area contributed by atoms with Gasteiger partial charge in [0.2, 0.25) is 0 Å². The van der Waals surface area contributed by atoms with Crippen molar-refractivity contribution in [1.82, 2.24) is 4.98 Å². The molecule has 7 nitrogen and oxygen atoms in total. The maximum atomic E-state index is 9.41. The summed E-state index contributed by atoms with van der Waals surface area (Å²) in [5.41, 5.74) is 6.85. The van der Waals surface area contributed by atoms with Gasteiger partial charge in [0.1, 0.15) is 5.82 Å². The lowest BCUT2D eigenvalue weighted by Gasteiger charge is -2.43. The molecule has 0 aromatic carbocycles. The van der Waals surface area contributed by atoms with Gasteiger partial charge in [0, 0.05) is 19.3 Å². The number of rotatable bonds is 3. The van der Waals surface area contributed by atoms with E-state index >= 15 is 0 Å². The quantitative estimate of drug-likeness (QED) is 0.324. The summed E-state index contributed by atoms with van der Waals surface area (Å²) in [6.45, 7) is 6.84. The van der Waals surface area contributed by atoms with Gasteiger partial charge < -0.3 is 25.7 Å². The molecule has 21 heavy (non-hydrogen) atoms. The van der Waals surface area contributed by atoms with Gasteiger partial charge in [-0.2, -0.15) is 0 Å². The van der Waals surface area contributed by atoms with Crippen LogP contribution in [0.3, 0.4) is 0 Å². The first-order valence-corrected chi connectivity index (χ1v) is 6.85. The number of morpholine rings is 1. The van der Waals surface area contributed by atoms with Crippen molar-refractivity contribution in [3.05, 3.63) is 23.4 Å².